The molecule has 1 unspecified atom stereocenters. The van der Waals surface area contributed by atoms with E-state index in [2.05, 4.69) is 41.3 Å². The minimum absolute atomic E-state index is 0. The van der Waals surface area contributed by atoms with E-state index in [4.69, 9.17) is 4.74 Å². The lowest BCUT2D eigenvalue weighted by atomic mass is 10.0. The van der Waals surface area contributed by atoms with Crippen molar-refractivity contribution in [2.24, 2.45) is 10.9 Å². The maximum absolute atomic E-state index is 5.77. The van der Waals surface area contributed by atoms with Gasteiger partial charge in [0.15, 0.2) is 5.96 Å². The summed E-state index contributed by atoms with van der Waals surface area (Å²) in [6, 6.07) is 0. The van der Waals surface area contributed by atoms with E-state index in [-0.39, 0.29) is 24.0 Å². The van der Waals surface area contributed by atoms with Gasteiger partial charge in [-0.25, -0.2) is 0 Å². The van der Waals surface area contributed by atoms with Gasteiger partial charge < -0.3 is 20.3 Å². The van der Waals surface area contributed by atoms with Crippen molar-refractivity contribution in [1.82, 2.24) is 15.5 Å². The molecule has 1 atom stereocenters. The first-order valence-electron chi connectivity index (χ1n) is 8.95. The lowest BCUT2D eigenvalue weighted by Gasteiger charge is -2.21. The molecule has 6 heteroatoms. The monoisotopic (exact) mass is 440 g/mol. The molecular weight excluding hydrogens is 403 g/mol. The van der Waals surface area contributed by atoms with Crippen LogP contribution in [-0.4, -0.2) is 63.3 Å². The van der Waals surface area contributed by atoms with E-state index in [0.717, 1.165) is 32.1 Å². The van der Waals surface area contributed by atoms with Crippen LogP contribution in [0.4, 0.5) is 0 Å². The molecule has 0 spiro atoms. The van der Waals surface area contributed by atoms with Crippen LogP contribution in [0.1, 0.15) is 46.5 Å². The van der Waals surface area contributed by atoms with Crippen molar-refractivity contribution in [2.45, 2.75) is 52.6 Å². The molecule has 0 aromatic carbocycles. The summed E-state index contributed by atoms with van der Waals surface area (Å²) in [5.41, 5.74) is 0. The third kappa shape index (κ3) is 10.4. The molecule has 1 fully saturated rings. The Balaban J connectivity index is 0.00000484. The highest BCUT2D eigenvalue weighted by molar-refractivity contribution is 14.0. The standard InChI is InChI=1S/C17H36N4O.HI/c1-5-22-16(15(2)3)9-11-20-17(18-4)19-10-8-14-21-12-6-7-13-21;/h15-16H,5-14H2,1-4H3,(H2,18,19,20);1H. The van der Waals surface area contributed by atoms with Crippen LogP contribution < -0.4 is 10.6 Å². The smallest absolute Gasteiger partial charge is 0.190 e. The molecule has 0 radical (unpaired) electrons. The first-order valence-corrected chi connectivity index (χ1v) is 8.95. The summed E-state index contributed by atoms with van der Waals surface area (Å²) in [6.45, 7) is 12.9. The molecule has 0 aromatic rings. The Labute approximate surface area is 160 Å². The van der Waals surface area contributed by atoms with E-state index in [1.807, 2.05) is 7.05 Å². The number of halogens is 1. The maximum Gasteiger partial charge on any atom is 0.190 e. The average Bonchev–Trinajstić information content (AvgIpc) is 3.01. The normalized spacial score (nSPS) is 17.2. The van der Waals surface area contributed by atoms with Gasteiger partial charge in [-0.05, 0) is 58.2 Å². The molecule has 1 aliphatic heterocycles. The summed E-state index contributed by atoms with van der Waals surface area (Å²) in [7, 11) is 1.83. The number of hydrogen-bond donors (Lipinski definition) is 2. The Morgan fingerprint density at radius 3 is 2.39 bits per heavy atom. The van der Waals surface area contributed by atoms with Crippen LogP contribution in [0.2, 0.25) is 0 Å². The number of guanidine groups is 1. The van der Waals surface area contributed by atoms with E-state index < -0.39 is 0 Å². The van der Waals surface area contributed by atoms with Crippen LogP contribution in [0.5, 0.6) is 0 Å². The van der Waals surface area contributed by atoms with Gasteiger partial charge >= 0.3 is 0 Å². The van der Waals surface area contributed by atoms with E-state index in [0.29, 0.717) is 12.0 Å². The van der Waals surface area contributed by atoms with Crippen molar-refractivity contribution in [1.29, 1.82) is 0 Å². The van der Waals surface area contributed by atoms with Crippen molar-refractivity contribution >= 4 is 29.9 Å². The summed E-state index contributed by atoms with van der Waals surface area (Å²) < 4.78 is 5.77. The predicted octanol–water partition coefficient (Wildman–Crippen LogP) is 2.71. The number of ether oxygens (including phenoxy) is 1. The van der Waals surface area contributed by atoms with Gasteiger partial charge in [-0.1, -0.05) is 13.8 Å². The van der Waals surface area contributed by atoms with Crippen molar-refractivity contribution in [2.75, 3.05) is 46.4 Å². The Kier molecular flexibility index (Phi) is 14.2. The van der Waals surface area contributed by atoms with Gasteiger partial charge in [0.05, 0.1) is 6.10 Å². The molecule has 0 amide bonds. The number of likely N-dealkylation sites (tertiary alicyclic amines) is 1. The molecule has 0 aromatic heterocycles. The fraction of sp³-hybridized carbons (Fsp3) is 0.941. The Bertz CT molecular complexity index is 307. The summed E-state index contributed by atoms with van der Waals surface area (Å²) >= 11 is 0. The van der Waals surface area contributed by atoms with Gasteiger partial charge in [-0.2, -0.15) is 0 Å². The Morgan fingerprint density at radius 1 is 1.17 bits per heavy atom. The van der Waals surface area contributed by atoms with Crippen molar-refractivity contribution in [3.63, 3.8) is 0 Å². The van der Waals surface area contributed by atoms with Crippen LogP contribution >= 0.6 is 24.0 Å². The number of aliphatic imine (C=N–C) groups is 1. The molecule has 1 aliphatic rings. The second-order valence-electron chi connectivity index (χ2n) is 6.35. The van der Waals surface area contributed by atoms with Crippen LogP contribution in [0, 0.1) is 5.92 Å². The fourth-order valence-corrected chi connectivity index (χ4v) is 2.89. The highest BCUT2D eigenvalue weighted by atomic mass is 127. The summed E-state index contributed by atoms with van der Waals surface area (Å²) in [5.74, 6) is 1.46. The van der Waals surface area contributed by atoms with Crippen LogP contribution in [0.15, 0.2) is 4.99 Å². The highest BCUT2D eigenvalue weighted by Gasteiger charge is 2.13. The SMILES string of the molecule is CCOC(CCNC(=NC)NCCCN1CCCC1)C(C)C.I. The molecule has 2 N–H and O–H groups in total. The van der Waals surface area contributed by atoms with Gasteiger partial charge in [0, 0.05) is 26.7 Å². The van der Waals surface area contributed by atoms with Gasteiger partial charge in [0.25, 0.3) is 0 Å². The summed E-state index contributed by atoms with van der Waals surface area (Å²) in [4.78, 5) is 6.83. The maximum atomic E-state index is 5.77. The van der Waals surface area contributed by atoms with Gasteiger partial charge in [-0.15, -0.1) is 24.0 Å². The average molecular weight is 440 g/mol. The van der Waals surface area contributed by atoms with Gasteiger partial charge in [0.2, 0.25) is 0 Å². The molecule has 0 bridgehead atoms. The van der Waals surface area contributed by atoms with Crippen LogP contribution in [0.3, 0.4) is 0 Å². The predicted molar refractivity (Wildman–Crippen MR) is 110 cm³/mol. The topological polar surface area (TPSA) is 48.9 Å². The Hall–Kier alpha value is -0.0800. The molecule has 1 rings (SSSR count). The molecular formula is C17H37IN4O. The number of nitrogens with one attached hydrogen (secondary N) is 2. The highest BCUT2D eigenvalue weighted by Crippen LogP contribution is 2.10. The summed E-state index contributed by atoms with van der Waals surface area (Å²) in [5, 5.41) is 6.79. The van der Waals surface area contributed by atoms with Crippen molar-refractivity contribution < 1.29 is 4.74 Å². The van der Waals surface area contributed by atoms with Crippen LogP contribution in [0.25, 0.3) is 0 Å². The molecule has 0 saturated carbocycles. The van der Waals surface area contributed by atoms with Crippen LogP contribution in [-0.2, 0) is 4.74 Å². The second-order valence-corrected chi connectivity index (χ2v) is 6.35. The number of nitrogens with zero attached hydrogens (tertiary/aromatic N) is 2. The molecule has 1 heterocycles. The third-order valence-electron chi connectivity index (χ3n) is 4.21. The Morgan fingerprint density at radius 2 is 1.83 bits per heavy atom. The van der Waals surface area contributed by atoms with Crippen molar-refractivity contribution in [3.8, 4) is 0 Å². The number of rotatable bonds is 10. The lowest BCUT2D eigenvalue weighted by molar-refractivity contribution is 0.0258. The van der Waals surface area contributed by atoms with E-state index in [1.165, 1.54) is 38.9 Å². The minimum atomic E-state index is 0. The van der Waals surface area contributed by atoms with Crippen molar-refractivity contribution in [3.05, 3.63) is 0 Å². The quantitative estimate of drug-likeness (QED) is 0.237. The molecule has 5 nitrogen and oxygen atoms in total. The molecule has 0 aliphatic carbocycles. The van der Waals surface area contributed by atoms with E-state index in [9.17, 15) is 0 Å². The largest absolute Gasteiger partial charge is 0.378 e. The second kappa shape index (κ2) is 14.3. The molecule has 1 saturated heterocycles. The summed E-state index contributed by atoms with van der Waals surface area (Å²) in [6.07, 6.45) is 5.25. The molecule has 23 heavy (non-hydrogen) atoms. The van der Waals surface area contributed by atoms with E-state index >= 15 is 0 Å². The number of hydrogen-bond acceptors (Lipinski definition) is 3. The minimum Gasteiger partial charge on any atom is -0.378 e. The third-order valence-corrected chi connectivity index (χ3v) is 4.21. The zero-order chi connectivity index (χ0) is 16.2. The van der Waals surface area contributed by atoms with Gasteiger partial charge in [-0.3, -0.25) is 4.99 Å². The molecule has 138 valence electrons. The lowest BCUT2D eigenvalue weighted by Crippen LogP contribution is -2.40. The van der Waals surface area contributed by atoms with E-state index in [1.54, 1.807) is 0 Å². The zero-order valence-corrected chi connectivity index (χ0v) is 17.8. The zero-order valence-electron chi connectivity index (χ0n) is 15.4. The fourth-order valence-electron chi connectivity index (χ4n) is 2.89. The first-order chi connectivity index (χ1) is 10.7. The first kappa shape index (κ1) is 22.9. The van der Waals surface area contributed by atoms with Gasteiger partial charge in [0.1, 0.15) is 0 Å².